The smallest absolute Gasteiger partial charge is 0.312 e. The van der Waals surface area contributed by atoms with Gasteiger partial charge in [-0.3, -0.25) is 19.2 Å². The number of nitrogens with zero attached hydrogens (tertiary/aromatic N) is 1. The molecule has 5 aliphatic rings. The van der Waals surface area contributed by atoms with Crippen molar-refractivity contribution in [3.05, 3.63) is 75.7 Å². The van der Waals surface area contributed by atoms with Crippen LogP contribution in [-0.2, 0) is 23.8 Å². The monoisotopic (exact) mass is 883 g/mol. The molecule has 5 N–H and O–H groups in total. The number of aromatic hydroxyl groups is 1. The number of phenolic OH excluding ortho intramolecular Hbond substituents is 1. The Labute approximate surface area is 370 Å². The summed E-state index contributed by atoms with van der Waals surface area (Å²) in [6.07, 6.45) is 5.20. The molecule has 0 radical (unpaired) electrons. The average molecular weight is 884 g/mol. The third-order valence-electron chi connectivity index (χ3n) is 12.9. The molecule has 342 valence electrons. The zero-order valence-corrected chi connectivity index (χ0v) is 37.5. The molecule has 4 heterocycles. The minimum Gasteiger partial charge on any atom is -0.507 e. The maximum atomic E-state index is 14.8. The van der Waals surface area contributed by atoms with E-state index < -0.39 is 82.7 Å². The summed E-state index contributed by atoms with van der Waals surface area (Å²) in [6, 6.07) is 5.09. The number of fused-ring (bicyclic) bond motifs is 2. The van der Waals surface area contributed by atoms with E-state index in [4.69, 9.17) is 33.1 Å². The van der Waals surface area contributed by atoms with Crippen molar-refractivity contribution in [3.63, 3.8) is 0 Å². The first-order chi connectivity index (χ1) is 30.4. The van der Waals surface area contributed by atoms with Gasteiger partial charge in [0.15, 0.2) is 11.3 Å². The molecule has 0 spiro atoms. The predicted molar refractivity (Wildman–Crippen MR) is 237 cm³/mol. The number of Topliss-reactive ketones (excluding diaryl/α,β-unsaturated/α-hetero) is 1. The topological polar surface area (TPSA) is 225 Å². The van der Waals surface area contributed by atoms with E-state index in [0.717, 1.165) is 25.9 Å². The molecular formula is C48H57N3O13. The molecule has 7 rings (SSSR count). The van der Waals surface area contributed by atoms with Crippen LogP contribution in [0, 0.1) is 30.6 Å². The van der Waals surface area contributed by atoms with Gasteiger partial charge in [0, 0.05) is 67.2 Å². The Morgan fingerprint density at radius 2 is 1.69 bits per heavy atom. The first kappa shape index (κ1) is 46.2. The molecule has 0 saturated carbocycles. The molecule has 9 atom stereocenters. The molecule has 4 aliphatic heterocycles. The first-order valence-corrected chi connectivity index (χ1v) is 21.6. The number of carbonyl (C=O) groups is 3. The van der Waals surface area contributed by atoms with E-state index in [-0.39, 0.29) is 62.1 Å². The van der Waals surface area contributed by atoms with E-state index in [0.29, 0.717) is 11.3 Å². The molecule has 1 fully saturated rings. The van der Waals surface area contributed by atoms with Gasteiger partial charge in [-0.2, -0.15) is 0 Å². The van der Waals surface area contributed by atoms with Gasteiger partial charge in [-0.1, -0.05) is 45.9 Å². The number of aliphatic hydroxyl groups excluding tert-OH is 2. The maximum absolute atomic E-state index is 14.8. The maximum Gasteiger partial charge on any atom is 0.312 e. The van der Waals surface area contributed by atoms with E-state index in [1.807, 2.05) is 0 Å². The molecule has 0 unspecified atom stereocenters. The number of allylic oxidation sites excluding steroid dienone is 2. The van der Waals surface area contributed by atoms with E-state index in [2.05, 4.69) is 10.6 Å². The first-order valence-electron chi connectivity index (χ1n) is 21.6. The molecule has 4 bridgehead atoms. The molecule has 0 aromatic heterocycles. The van der Waals surface area contributed by atoms with Crippen LogP contribution < -0.4 is 25.5 Å². The molecule has 64 heavy (non-hydrogen) atoms. The van der Waals surface area contributed by atoms with Crippen molar-refractivity contribution in [2.75, 3.05) is 25.5 Å². The fourth-order valence-corrected chi connectivity index (χ4v) is 8.96. The van der Waals surface area contributed by atoms with Crippen LogP contribution in [0.2, 0.25) is 0 Å². The lowest BCUT2D eigenvalue weighted by atomic mass is 9.78. The fourth-order valence-electron chi connectivity index (χ4n) is 8.96. The lowest BCUT2D eigenvalue weighted by Crippen LogP contribution is -2.46. The highest BCUT2D eigenvalue weighted by Gasteiger charge is 2.50. The molecule has 2 aromatic carbocycles. The van der Waals surface area contributed by atoms with Crippen molar-refractivity contribution < 1.29 is 57.8 Å². The molecule has 16 heteroatoms. The Bertz CT molecular complexity index is 2590. The van der Waals surface area contributed by atoms with Gasteiger partial charge in [-0.05, 0) is 58.0 Å². The van der Waals surface area contributed by atoms with Gasteiger partial charge in [0.2, 0.25) is 5.43 Å². The highest BCUT2D eigenvalue weighted by atomic mass is 16.7. The van der Waals surface area contributed by atoms with Gasteiger partial charge in [-0.15, -0.1) is 0 Å². The highest BCUT2D eigenvalue weighted by molar-refractivity contribution is 6.22. The average Bonchev–Trinajstić information content (AvgIpc) is 3.54. The third kappa shape index (κ3) is 8.59. The number of nitrogens with one attached hydrogen (secondary N) is 2. The van der Waals surface area contributed by atoms with Gasteiger partial charge in [0.25, 0.3) is 11.7 Å². The number of hydrogen-bond donors (Lipinski definition) is 5. The normalized spacial score (nSPS) is 30.4. The second-order valence-electron chi connectivity index (χ2n) is 17.4. The van der Waals surface area contributed by atoms with Crippen molar-refractivity contribution in [3.8, 4) is 28.7 Å². The van der Waals surface area contributed by atoms with Crippen LogP contribution in [0.25, 0.3) is 33.3 Å². The Kier molecular flexibility index (Phi) is 13.2. The van der Waals surface area contributed by atoms with Crippen molar-refractivity contribution in [1.82, 2.24) is 10.3 Å². The molecular weight excluding hydrogens is 827 g/mol. The van der Waals surface area contributed by atoms with Crippen LogP contribution in [0.5, 0.6) is 17.2 Å². The van der Waals surface area contributed by atoms with Gasteiger partial charge in [-0.25, -0.2) is 4.98 Å². The summed E-state index contributed by atoms with van der Waals surface area (Å²) in [4.78, 5) is 60.7. The van der Waals surface area contributed by atoms with E-state index in [1.165, 1.54) is 53.2 Å². The number of ether oxygens (including phenoxy) is 5. The molecule has 1 amide bonds. The Morgan fingerprint density at radius 1 is 0.969 bits per heavy atom. The van der Waals surface area contributed by atoms with Crippen molar-refractivity contribution in [2.24, 2.45) is 23.7 Å². The number of rotatable bonds is 4. The summed E-state index contributed by atoms with van der Waals surface area (Å²) in [5, 5.41) is 40.4. The Balaban J connectivity index is 1.42. The third-order valence-corrected chi connectivity index (χ3v) is 12.9. The van der Waals surface area contributed by atoms with Gasteiger partial charge in [0.05, 0.1) is 35.5 Å². The SMILES string of the molecule is CO[C@H]1/C=C/O[C@@]2(C)Oc3c(C)c(O)c4c(=O)c(c5oc6cc(OC7CCNCC7)ccc6nc-5c4c3C2=O)NC(=O)/C(C)=C\C=C\[C@H](C)[C@H](O)[C@@H](C)[C@@H](O)[C@@H](C)[C@H](OC(C)=O)[C@@H]1C. The molecule has 1 saturated heterocycles. The minimum absolute atomic E-state index is 0.0123. The number of amides is 1. The van der Waals surface area contributed by atoms with Crippen molar-refractivity contribution in [2.45, 2.75) is 105 Å². The van der Waals surface area contributed by atoms with E-state index in [9.17, 15) is 34.5 Å². The quantitative estimate of drug-likeness (QED) is 0.0890. The number of anilines is 1. The minimum atomic E-state index is -2.03. The molecule has 2 aromatic rings. The van der Waals surface area contributed by atoms with E-state index in [1.54, 1.807) is 58.0 Å². The zero-order chi connectivity index (χ0) is 46.4. The second-order valence-corrected chi connectivity index (χ2v) is 17.4. The Morgan fingerprint density at radius 3 is 2.38 bits per heavy atom. The number of piperidine rings is 1. The number of benzene rings is 3. The van der Waals surface area contributed by atoms with Gasteiger partial charge < -0.3 is 54.1 Å². The number of hydrogen-bond acceptors (Lipinski definition) is 15. The summed E-state index contributed by atoms with van der Waals surface area (Å²) in [7, 11) is 1.45. The number of methoxy groups -OCH3 is 1. The van der Waals surface area contributed by atoms with Gasteiger partial charge >= 0.3 is 11.8 Å². The summed E-state index contributed by atoms with van der Waals surface area (Å²) in [6.45, 7) is 14.2. The van der Waals surface area contributed by atoms with Crippen LogP contribution >= 0.6 is 0 Å². The number of phenols is 1. The number of aliphatic hydroxyl groups is 2. The highest BCUT2D eigenvalue weighted by Crippen LogP contribution is 2.50. The van der Waals surface area contributed by atoms with Gasteiger partial charge in [0.1, 0.15) is 46.4 Å². The van der Waals surface area contributed by atoms with Crippen LogP contribution in [0.3, 0.4) is 0 Å². The van der Waals surface area contributed by atoms with Crippen molar-refractivity contribution in [1.29, 1.82) is 0 Å². The standard InChI is InChI=1S/C48H57N3O13/c1-22-11-10-12-23(2)47(58)51-38-42(56)35-34(37-45(38)63-33-21-30(13-14-31(33)50-37)62-29-15-18-49-19-16-29)36-44(27(6)41(35)55)64-48(8,46(36)57)60-20-17-32(59-9)24(3)43(61-28(7)52)26(5)40(54)25(4)39(22)53/h10-14,17,20-22,24-26,29,32,39-40,43,49,53-55H,15-16,18-19H2,1-9H3,(H,51,58)/b11-10+,20-17+,23-12-/t22-,24+,25+,26+,32-,39-,40+,43+,48-/m0/s1. The fraction of sp³-hybridized carbons (Fsp3) is 0.479. The molecule has 16 nitrogen and oxygen atoms in total. The predicted octanol–water partition coefficient (Wildman–Crippen LogP) is 6.08. The zero-order valence-electron chi connectivity index (χ0n) is 37.5. The lowest BCUT2D eigenvalue weighted by Gasteiger charge is -2.38. The van der Waals surface area contributed by atoms with Crippen LogP contribution in [-0.4, -0.2) is 94.5 Å². The summed E-state index contributed by atoms with van der Waals surface area (Å²) in [5.74, 6) is -6.71. The van der Waals surface area contributed by atoms with Crippen LogP contribution in [0.15, 0.2) is 63.6 Å². The summed E-state index contributed by atoms with van der Waals surface area (Å²) < 4.78 is 36.6. The summed E-state index contributed by atoms with van der Waals surface area (Å²) >= 11 is 0. The number of esters is 1. The number of carbonyl (C=O) groups excluding carboxylic acids is 3. The molecule has 1 aliphatic carbocycles. The van der Waals surface area contributed by atoms with Crippen molar-refractivity contribution >= 4 is 45.2 Å². The van der Waals surface area contributed by atoms with Crippen LogP contribution in [0.1, 0.15) is 77.2 Å². The number of aromatic nitrogens is 1. The van der Waals surface area contributed by atoms with Crippen LogP contribution in [0.4, 0.5) is 5.69 Å². The summed E-state index contributed by atoms with van der Waals surface area (Å²) in [5.41, 5.74) is -0.486. The largest absolute Gasteiger partial charge is 0.507 e. The second kappa shape index (κ2) is 18.4. The van der Waals surface area contributed by atoms with E-state index >= 15 is 0 Å². The number of ketones is 1. The lowest BCUT2D eigenvalue weighted by molar-refractivity contribution is -0.160. The Hall–Kier alpha value is -5.81.